The average molecular weight is 660 g/mol. The summed E-state index contributed by atoms with van der Waals surface area (Å²) < 4.78 is 12.1. The fraction of sp³-hybridized carbons (Fsp3) is 0.857. The quantitative estimate of drug-likeness (QED) is 0.0391. The van der Waals surface area contributed by atoms with Crippen LogP contribution in [0.2, 0.25) is 0 Å². The number of carbonyl (C=O) groups is 2. The molecule has 274 valence electrons. The number of hydrogen-bond acceptors (Lipinski definition) is 5. The maximum atomic E-state index is 13.4. The molecular formula is C42H77NO4. The van der Waals surface area contributed by atoms with E-state index in [9.17, 15) is 9.59 Å². The Bertz CT molecular complexity index is 752. The van der Waals surface area contributed by atoms with Crippen LogP contribution in [-0.2, 0) is 19.1 Å². The first kappa shape index (κ1) is 43.7. The molecule has 0 aromatic rings. The van der Waals surface area contributed by atoms with E-state index in [2.05, 4.69) is 38.2 Å². The van der Waals surface area contributed by atoms with E-state index in [4.69, 9.17) is 9.47 Å². The highest BCUT2D eigenvalue weighted by Crippen LogP contribution is 2.30. The molecule has 1 atom stereocenters. The third-order valence-electron chi connectivity index (χ3n) is 9.44. The van der Waals surface area contributed by atoms with Gasteiger partial charge in [0.1, 0.15) is 0 Å². The molecule has 0 saturated carbocycles. The lowest BCUT2D eigenvalue weighted by Crippen LogP contribution is -2.48. The Balaban J connectivity index is 2.25. The highest BCUT2D eigenvalue weighted by atomic mass is 16.8. The van der Waals surface area contributed by atoms with Gasteiger partial charge in [0, 0.05) is 19.4 Å². The summed E-state index contributed by atoms with van der Waals surface area (Å²) in [4.78, 5) is 28.9. The van der Waals surface area contributed by atoms with Gasteiger partial charge in [0.25, 0.3) is 5.79 Å². The highest BCUT2D eigenvalue weighted by molar-refractivity contribution is 6.09. The fourth-order valence-corrected chi connectivity index (χ4v) is 6.50. The van der Waals surface area contributed by atoms with Crippen LogP contribution in [0.3, 0.4) is 0 Å². The van der Waals surface area contributed by atoms with Crippen molar-refractivity contribution in [2.75, 3.05) is 27.2 Å². The fourth-order valence-electron chi connectivity index (χ4n) is 6.50. The molecule has 0 spiro atoms. The van der Waals surface area contributed by atoms with Crippen LogP contribution >= 0.6 is 0 Å². The maximum Gasteiger partial charge on any atom is 0.290 e. The molecule has 0 amide bonds. The molecule has 1 fully saturated rings. The molecule has 5 heteroatoms. The van der Waals surface area contributed by atoms with Crippen LogP contribution in [0.4, 0.5) is 0 Å². The molecule has 0 aliphatic carbocycles. The molecule has 1 saturated heterocycles. The molecular weight excluding hydrogens is 582 g/mol. The van der Waals surface area contributed by atoms with Gasteiger partial charge in [-0.1, -0.05) is 141 Å². The van der Waals surface area contributed by atoms with Gasteiger partial charge in [-0.15, -0.1) is 0 Å². The van der Waals surface area contributed by atoms with Crippen LogP contribution in [0.25, 0.3) is 0 Å². The van der Waals surface area contributed by atoms with E-state index in [1.165, 1.54) is 116 Å². The van der Waals surface area contributed by atoms with Crippen LogP contribution in [0, 0.1) is 0 Å². The largest absolute Gasteiger partial charge is 0.335 e. The molecule has 1 aliphatic heterocycles. The van der Waals surface area contributed by atoms with Crippen molar-refractivity contribution in [1.29, 1.82) is 0 Å². The van der Waals surface area contributed by atoms with Gasteiger partial charge in [-0.2, -0.15) is 0 Å². The minimum absolute atomic E-state index is 0.172. The zero-order valence-corrected chi connectivity index (χ0v) is 31.7. The van der Waals surface area contributed by atoms with E-state index in [1.807, 2.05) is 19.0 Å². The lowest BCUT2D eigenvalue weighted by Gasteiger charge is -2.26. The smallest absolute Gasteiger partial charge is 0.290 e. The number of hydrogen-bond donors (Lipinski definition) is 0. The van der Waals surface area contributed by atoms with Crippen molar-refractivity contribution in [1.82, 2.24) is 4.90 Å². The van der Waals surface area contributed by atoms with Crippen LogP contribution in [0.5, 0.6) is 0 Å². The Labute approximate surface area is 292 Å². The summed E-state index contributed by atoms with van der Waals surface area (Å²) in [6.45, 7) is 5.48. The maximum absolute atomic E-state index is 13.4. The number of nitrogens with zero attached hydrogens (tertiary/aromatic N) is 1. The molecule has 1 rings (SSSR count). The number of ether oxygens (including phenoxy) is 2. The van der Waals surface area contributed by atoms with Gasteiger partial charge in [-0.05, 0) is 78.3 Å². The molecule has 0 aromatic carbocycles. The summed E-state index contributed by atoms with van der Waals surface area (Å²) >= 11 is 0. The van der Waals surface area contributed by atoms with Crippen LogP contribution in [0.15, 0.2) is 24.3 Å². The number of allylic oxidation sites excluding steroid dienone is 4. The number of ketones is 2. The number of rotatable bonds is 34. The van der Waals surface area contributed by atoms with Crippen molar-refractivity contribution in [3.05, 3.63) is 24.3 Å². The Morgan fingerprint density at radius 3 is 1.26 bits per heavy atom. The lowest BCUT2D eigenvalue weighted by atomic mass is 9.96. The van der Waals surface area contributed by atoms with E-state index in [0.717, 1.165) is 51.4 Å². The van der Waals surface area contributed by atoms with Crippen molar-refractivity contribution in [2.24, 2.45) is 0 Å². The van der Waals surface area contributed by atoms with Crippen molar-refractivity contribution in [3.63, 3.8) is 0 Å². The predicted octanol–water partition coefficient (Wildman–Crippen LogP) is 11.9. The van der Waals surface area contributed by atoms with Gasteiger partial charge in [0.15, 0.2) is 11.6 Å². The second kappa shape index (κ2) is 30.7. The molecule has 5 nitrogen and oxygen atoms in total. The van der Waals surface area contributed by atoms with E-state index in [1.54, 1.807) is 0 Å². The normalized spacial score (nSPS) is 18.4. The van der Waals surface area contributed by atoms with Crippen molar-refractivity contribution in [3.8, 4) is 0 Å². The predicted molar refractivity (Wildman–Crippen MR) is 201 cm³/mol. The molecule has 1 unspecified atom stereocenters. The van der Waals surface area contributed by atoms with Gasteiger partial charge in [-0.25, -0.2) is 0 Å². The molecule has 0 N–H and O–H groups in total. The first-order chi connectivity index (χ1) is 23.0. The highest BCUT2D eigenvalue weighted by Gasteiger charge is 2.53. The second-order valence-corrected chi connectivity index (χ2v) is 14.4. The summed E-state index contributed by atoms with van der Waals surface area (Å²) in [6, 6.07) is 0. The minimum atomic E-state index is -1.68. The van der Waals surface area contributed by atoms with E-state index in [-0.39, 0.29) is 17.7 Å². The molecule has 47 heavy (non-hydrogen) atoms. The van der Waals surface area contributed by atoms with E-state index < -0.39 is 5.79 Å². The van der Waals surface area contributed by atoms with E-state index >= 15 is 0 Å². The zero-order valence-electron chi connectivity index (χ0n) is 31.7. The van der Waals surface area contributed by atoms with Crippen molar-refractivity contribution < 1.29 is 19.1 Å². The Morgan fingerprint density at radius 1 is 0.553 bits per heavy atom. The zero-order chi connectivity index (χ0) is 34.3. The summed E-state index contributed by atoms with van der Waals surface area (Å²) in [5.74, 6) is -2.02. The number of likely N-dealkylation sites (N-methyl/N-ethyl adjacent to an activating group) is 1. The lowest BCUT2D eigenvalue weighted by molar-refractivity contribution is -0.192. The third kappa shape index (κ3) is 22.9. The van der Waals surface area contributed by atoms with Crippen molar-refractivity contribution >= 4 is 11.6 Å². The Kier molecular flexibility index (Phi) is 28.6. The van der Waals surface area contributed by atoms with Gasteiger partial charge in [0.05, 0.1) is 12.7 Å². The third-order valence-corrected chi connectivity index (χ3v) is 9.44. The Hall–Kier alpha value is -1.30. The number of unbranched alkanes of at least 4 members (excludes halogenated alkanes) is 22. The molecule has 1 heterocycles. The molecule has 0 aromatic heterocycles. The van der Waals surface area contributed by atoms with Crippen molar-refractivity contribution in [2.45, 2.75) is 206 Å². The van der Waals surface area contributed by atoms with Gasteiger partial charge >= 0.3 is 0 Å². The van der Waals surface area contributed by atoms with Gasteiger partial charge in [-0.3, -0.25) is 9.59 Å². The van der Waals surface area contributed by atoms with Crippen LogP contribution in [-0.4, -0.2) is 55.6 Å². The van der Waals surface area contributed by atoms with Gasteiger partial charge in [0.2, 0.25) is 0 Å². The topological polar surface area (TPSA) is 55.8 Å². The average Bonchev–Trinajstić information content (AvgIpc) is 3.49. The molecule has 0 radical (unpaired) electrons. The summed E-state index contributed by atoms with van der Waals surface area (Å²) in [6.07, 6.45) is 41.5. The summed E-state index contributed by atoms with van der Waals surface area (Å²) in [5, 5.41) is 0. The molecule has 1 aliphatic rings. The standard InChI is InChI=1S/C42H77NO4/c1-5-7-9-11-13-15-17-19-21-23-25-27-29-31-33-35-40(44)42(46-38-39(47-42)37-43(3)4)41(45)36-34-32-30-28-26-24-22-20-18-16-14-12-10-8-6-2/h19-22,39H,5-18,23-38H2,1-4H3. The monoisotopic (exact) mass is 660 g/mol. The summed E-state index contributed by atoms with van der Waals surface area (Å²) in [7, 11) is 3.95. The number of Topliss-reactive ketones (excluding diaryl/α,β-unsaturated/α-hetero) is 2. The van der Waals surface area contributed by atoms with E-state index in [0.29, 0.717) is 26.0 Å². The number of carbonyl (C=O) groups excluding carboxylic acids is 2. The van der Waals surface area contributed by atoms with Gasteiger partial charge < -0.3 is 14.4 Å². The van der Waals surface area contributed by atoms with Crippen LogP contribution < -0.4 is 0 Å². The SMILES string of the molecule is CCCCCCCCC=CCCCCCCCC(=O)C1(C(=O)CCCCCCCC=CCCCCCCCC)OCC(CN(C)C)O1. The Morgan fingerprint density at radius 2 is 0.894 bits per heavy atom. The molecule has 0 bridgehead atoms. The first-order valence-corrected chi connectivity index (χ1v) is 20.3. The summed E-state index contributed by atoms with van der Waals surface area (Å²) in [5.41, 5.74) is 0. The minimum Gasteiger partial charge on any atom is -0.335 e. The second-order valence-electron chi connectivity index (χ2n) is 14.4. The van der Waals surface area contributed by atoms with Crippen LogP contribution in [0.1, 0.15) is 194 Å². The first-order valence-electron chi connectivity index (χ1n) is 20.3.